The lowest BCUT2D eigenvalue weighted by Crippen LogP contribution is -2.40. The second kappa shape index (κ2) is 6.26. The van der Waals surface area contributed by atoms with E-state index >= 15 is 0 Å². The van der Waals surface area contributed by atoms with Crippen molar-refractivity contribution in [3.8, 4) is 0 Å². The standard InChI is InChI=1S/C17H25N3O3/c1-10-6-15(12(3)23-10)11(2)19-17(22)18-8-13-7-16(21)20(9-13)14-4-5-14/h6,11,13-14H,4-5,7-9H2,1-3H3,(H2,18,19,22)/t11-,13-/m1/s1. The van der Waals surface area contributed by atoms with Crippen molar-refractivity contribution < 1.29 is 14.0 Å². The highest BCUT2D eigenvalue weighted by Crippen LogP contribution is 2.32. The molecule has 2 atom stereocenters. The van der Waals surface area contributed by atoms with Crippen molar-refractivity contribution in [1.29, 1.82) is 0 Å². The molecule has 1 aliphatic carbocycles. The van der Waals surface area contributed by atoms with E-state index in [1.165, 1.54) is 0 Å². The summed E-state index contributed by atoms with van der Waals surface area (Å²) < 4.78 is 5.50. The Morgan fingerprint density at radius 1 is 1.43 bits per heavy atom. The molecule has 0 radical (unpaired) electrons. The van der Waals surface area contributed by atoms with E-state index in [0.717, 1.165) is 36.5 Å². The Balaban J connectivity index is 1.44. The number of aryl methyl sites for hydroxylation is 2. The molecule has 2 N–H and O–H groups in total. The van der Waals surface area contributed by atoms with Crippen LogP contribution in [-0.4, -0.2) is 36.0 Å². The molecule has 1 saturated heterocycles. The van der Waals surface area contributed by atoms with Crippen LogP contribution in [0.1, 0.15) is 49.3 Å². The normalized spacial score (nSPS) is 22.3. The average molecular weight is 319 g/mol. The number of furan rings is 1. The fourth-order valence-corrected chi connectivity index (χ4v) is 3.33. The van der Waals surface area contributed by atoms with Crippen molar-refractivity contribution in [2.45, 2.75) is 52.1 Å². The van der Waals surface area contributed by atoms with E-state index in [9.17, 15) is 9.59 Å². The van der Waals surface area contributed by atoms with Gasteiger partial charge in [0.05, 0.1) is 6.04 Å². The fourth-order valence-electron chi connectivity index (χ4n) is 3.33. The number of nitrogens with one attached hydrogen (secondary N) is 2. The molecule has 3 rings (SSSR count). The first-order valence-electron chi connectivity index (χ1n) is 8.34. The third-order valence-electron chi connectivity index (χ3n) is 4.67. The van der Waals surface area contributed by atoms with Crippen molar-refractivity contribution in [3.63, 3.8) is 0 Å². The van der Waals surface area contributed by atoms with Gasteiger partial charge in [-0.1, -0.05) is 0 Å². The van der Waals surface area contributed by atoms with E-state index in [-0.39, 0.29) is 23.9 Å². The molecule has 126 valence electrons. The third kappa shape index (κ3) is 3.68. The number of carbonyl (C=O) groups is 2. The van der Waals surface area contributed by atoms with Gasteiger partial charge in [0.25, 0.3) is 0 Å². The molecule has 0 bridgehead atoms. The van der Waals surface area contributed by atoms with Gasteiger partial charge in [-0.05, 0) is 39.7 Å². The molecule has 2 aliphatic rings. The number of hydrogen-bond donors (Lipinski definition) is 2. The summed E-state index contributed by atoms with van der Waals surface area (Å²) in [4.78, 5) is 25.9. The zero-order chi connectivity index (χ0) is 16.6. The summed E-state index contributed by atoms with van der Waals surface area (Å²) in [6.45, 7) is 7.04. The Labute approximate surface area is 136 Å². The first kappa shape index (κ1) is 15.9. The van der Waals surface area contributed by atoms with Crippen molar-refractivity contribution >= 4 is 11.9 Å². The van der Waals surface area contributed by atoms with Crippen LogP contribution in [0.3, 0.4) is 0 Å². The minimum atomic E-state index is -0.201. The Bertz CT molecular complexity index is 606. The van der Waals surface area contributed by atoms with Crippen LogP contribution in [-0.2, 0) is 4.79 Å². The second-order valence-corrected chi connectivity index (χ2v) is 6.79. The molecule has 2 heterocycles. The molecule has 2 fully saturated rings. The lowest BCUT2D eigenvalue weighted by Gasteiger charge is -2.17. The smallest absolute Gasteiger partial charge is 0.315 e. The van der Waals surface area contributed by atoms with E-state index in [1.807, 2.05) is 31.7 Å². The second-order valence-electron chi connectivity index (χ2n) is 6.79. The van der Waals surface area contributed by atoms with Crippen LogP contribution in [0, 0.1) is 19.8 Å². The number of carbonyl (C=O) groups excluding carboxylic acids is 2. The molecule has 23 heavy (non-hydrogen) atoms. The SMILES string of the molecule is Cc1cc([C@@H](C)NC(=O)NC[C@H]2CC(=O)N(C3CC3)C2)c(C)o1. The molecule has 1 saturated carbocycles. The summed E-state index contributed by atoms with van der Waals surface area (Å²) in [5, 5.41) is 5.82. The van der Waals surface area contributed by atoms with Gasteiger partial charge >= 0.3 is 6.03 Å². The van der Waals surface area contributed by atoms with Crippen molar-refractivity contribution in [2.24, 2.45) is 5.92 Å². The van der Waals surface area contributed by atoms with Gasteiger partial charge in [-0.2, -0.15) is 0 Å². The number of amides is 3. The molecule has 1 aromatic heterocycles. The van der Waals surface area contributed by atoms with Crippen LogP contribution < -0.4 is 10.6 Å². The van der Waals surface area contributed by atoms with Crippen LogP contribution in [0.25, 0.3) is 0 Å². The predicted octanol–water partition coefficient (Wildman–Crippen LogP) is 2.27. The van der Waals surface area contributed by atoms with E-state index in [0.29, 0.717) is 19.0 Å². The molecule has 0 aromatic carbocycles. The third-order valence-corrected chi connectivity index (χ3v) is 4.67. The molecule has 0 spiro atoms. The minimum Gasteiger partial charge on any atom is -0.466 e. The molecule has 1 aromatic rings. The molecular formula is C17H25N3O3. The number of nitrogens with zero attached hydrogens (tertiary/aromatic N) is 1. The van der Waals surface area contributed by atoms with Gasteiger partial charge in [0.2, 0.25) is 5.91 Å². The maximum Gasteiger partial charge on any atom is 0.315 e. The Morgan fingerprint density at radius 2 is 2.17 bits per heavy atom. The zero-order valence-electron chi connectivity index (χ0n) is 14.0. The summed E-state index contributed by atoms with van der Waals surface area (Å²) in [6.07, 6.45) is 2.81. The number of rotatable bonds is 5. The highest BCUT2D eigenvalue weighted by atomic mass is 16.3. The van der Waals surface area contributed by atoms with Crippen LogP contribution >= 0.6 is 0 Å². The number of urea groups is 1. The quantitative estimate of drug-likeness (QED) is 0.874. The number of likely N-dealkylation sites (tertiary alicyclic amines) is 1. The van der Waals surface area contributed by atoms with E-state index in [1.54, 1.807) is 0 Å². The van der Waals surface area contributed by atoms with Gasteiger partial charge in [0.15, 0.2) is 0 Å². The minimum absolute atomic E-state index is 0.111. The lowest BCUT2D eigenvalue weighted by molar-refractivity contribution is -0.128. The largest absolute Gasteiger partial charge is 0.466 e. The predicted molar refractivity (Wildman–Crippen MR) is 86.0 cm³/mol. The van der Waals surface area contributed by atoms with Gasteiger partial charge in [0.1, 0.15) is 11.5 Å². The first-order valence-corrected chi connectivity index (χ1v) is 8.34. The van der Waals surface area contributed by atoms with Gasteiger partial charge < -0.3 is 20.0 Å². The lowest BCUT2D eigenvalue weighted by atomic mass is 10.1. The highest BCUT2D eigenvalue weighted by Gasteiger charge is 2.39. The van der Waals surface area contributed by atoms with Crippen molar-refractivity contribution in [2.75, 3.05) is 13.1 Å². The summed E-state index contributed by atoms with van der Waals surface area (Å²) in [5.41, 5.74) is 0.994. The topological polar surface area (TPSA) is 74.6 Å². The van der Waals surface area contributed by atoms with E-state index in [4.69, 9.17) is 4.42 Å². The molecule has 0 unspecified atom stereocenters. The van der Waals surface area contributed by atoms with Gasteiger partial charge in [-0.25, -0.2) is 4.79 Å². The highest BCUT2D eigenvalue weighted by molar-refractivity contribution is 5.79. The molecular weight excluding hydrogens is 294 g/mol. The van der Waals surface area contributed by atoms with Crippen LogP contribution in [0.15, 0.2) is 10.5 Å². The number of hydrogen-bond acceptors (Lipinski definition) is 3. The Hall–Kier alpha value is -1.98. The summed E-state index contributed by atoms with van der Waals surface area (Å²) >= 11 is 0. The molecule has 1 aliphatic heterocycles. The van der Waals surface area contributed by atoms with Crippen molar-refractivity contribution in [1.82, 2.24) is 15.5 Å². The Kier molecular flexibility index (Phi) is 4.33. The van der Waals surface area contributed by atoms with Crippen LogP contribution in [0.2, 0.25) is 0 Å². The van der Waals surface area contributed by atoms with Gasteiger partial charge in [0, 0.05) is 37.0 Å². The van der Waals surface area contributed by atoms with Crippen LogP contribution in [0.5, 0.6) is 0 Å². The van der Waals surface area contributed by atoms with E-state index < -0.39 is 0 Å². The first-order chi connectivity index (χ1) is 10.9. The van der Waals surface area contributed by atoms with Crippen molar-refractivity contribution in [3.05, 3.63) is 23.2 Å². The summed E-state index contributed by atoms with van der Waals surface area (Å²) in [7, 11) is 0. The molecule has 3 amide bonds. The molecule has 6 heteroatoms. The summed E-state index contributed by atoms with van der Waals surface area (Å²) in [6, 6.07) is 2.10. The fraction of sp³-hybridized carbons (Fsp3) is 0.647. The maximum absolute atomic E-state index is 12.1. The molecule has 6 nitrogen and oxygen atoms in total. The van der Waals surface area contributed by atoms with Gasteiger partial charge in [-0.15, -0.1) is 0 Å². The van der Waals surface area contributed by atoms with Crippen LogP contribution in [0.4, 0.5) is 4.79 Å². The Morgan fingerprint density at radius 3 is 2.78 bits per heavy atom. The monoisotopic (exact) mass is 319 g/mol. The van der Waals surface area contributed by atoms with Gasteiger partial charge in [-0.3, -0.25) is 4.79 Å². The summed E-state index contributed by atoms with van der Waals surface area (Å²) in [5.74, 6) is 2.13. The maximum atomic E-state index is 12.1. The average Bonchev–Trinajstić information content (AvgIpc) is 3.17. The van der Waals surface area contributed by atoms with E-state index in [2.05, 4.69) is 10.6 Å². The zero-order valence-corrected chi connectivity index (χ0v) is 14.0.